The molecule has 0 aliphatic carbocycles. The lowest BCUT2D eigenvalue weighted by Gasteiger charge is -2.28. The largest absolute Gasteiger partial charge is 0.353 e. The Morgan fingerprint density at radius 1 is 1.05 bits per heavy atom. The average molecular weight is 298 g/mol. The van der Waals surface area contributed by atoms with Crippen molar-refractivity contribution in [2.24, 2.45) is 0 Å². The molecular weight excluding hydrogens is 286 g/mol. The maximum absolute atomic E-state index is 11.5. The van der Waals surface area contributed by atoms with Crippen molar-refractivity contribution in [2.75, 3.05) is 29.5 Å². The summed E-state index contributed by atoms with van der Waals surface area (Å²) in [6.07, 6.45) is 0. The zero-order chi connectivity index (χ0) is 13.5. The van der Waals surface area contributed by atoms with Crippen molar-refractivity contribution in [1.29, 1.82) is 0 Å². The molecule has 1 aliphatic heterocycles. The fourth-order valence-corrected chi connectivity index (χ4v) is 3.62. The first kappa shape index (κ1) is 12.6. The number of anilines is 1. The summed E-state index contributed by atoms with van der Waals surface area (Å²) in [7, 11) is -2.90. The number of aromatic nitrogens is 2. The van der Waals surface area contributed by atoms with E-state index in [4.69, 9.17) is 11.6 Å². The van der Waals surface area contributed by atoms with Crippen LogP contribution in [0.3, 0.4) is 0 Å². The molecule has 5 nitrogen and oxygen atoms in total. The maximum Gasteiger partial charge on any atom is 0.159 e. The summed E-state index contributed by atoms with van der Waals surface area (Å²) in [6.45, 7) is 0.894. The van der Waals surface area contributed by atoms with Gasteiger partial charge in [0.15, 0.2) is 20.8 Å². The Morgan fingerprint density at radius 2 is 1.68 bits per heavy atom. The summed E-state index contributed by atoms with van der Waals surface area (Å²) in [5, 5.41) is 10.2. The molecule has 3 rings (SSSR count). The van der Waals surface area contributed by atoms with Gasteiger partial charge in [-0.3, -0.25) is 0 Å². The Balaban J connectivity index is 2.05. The topological polar surface area (TPSA) is 63.2 Å². The van der Waals surface area contributed by atoms with Gasteiger partial charge in [0.25, 0.3) is 0 Å². The van der Waals surface area contributed by atoms with Crippen molar-refractivity contribution in [1.82, 2.24) is 10.2 Å². The van der Waals surface area contributed by atoms with Crippen molar-refractivity contribution >= 4 is 38.0 Å². The van der Waals surface area contributed by atoms with E-state index in [1.165, 1.54) is 0 Å². The third kappa shape index (κ3) is 2.37. The van der Waals surface area contributed by atoms with E-state index in [1.54, 1.807) is 0 Å². The molecule has 0 N–H and O–H groups in total. The zero-order valence-corrected chi connectivity index (χ0v) is 11.7. The Morgan fingerprint density at radius 3 is 2.37 bits per heavy atom. The number of hydrogen-bond donors (Lipinski definition) is 0. The molecule has 0 unspecified atom stereocenters. The quantitative estimate of drug-likeness (QED) is 0.798. The van der Waals surface area contributed by atoms with E-state index in [9.17, 15) is 8.42 Å². The van der Waals surface area contributed by atoms with E-state index < -0.39 is 9.84 Å². The van der Waals surface area contributed by atoms with E-state index in [2.05, 4.69) is 10.2 Å². The van der Waals surface area contributed by atoms with Crippen LogP contribution in [0.4, 0.5) is 5.82 Å². The summed E-state index contributed by atoms with van der Waals surface area (Å²) >= 11 is 6.03. The molecule has 1 fully saturated rings. The number of nitrogens with zero attached hydrogens (tertiary/aromatic N) is 3. The predicted molar refractivity (Wildman–Crippen MR) is 75.4 cm³/mol. The molecule has 2 heterocycles. The molecule has 1 aromatic heterocycles. The normalized spacial score (nSPS) is 18.7. The summed E-state index contributed by atoms with van der Waals surface area (Å²) in [5.41, 5.74) is 0. The molecule has 0 radical (unpaired) electrons. The highest BCUT2D eigenvalue weighted by Crippen LogP contribution is 2.28. The van der Waals surface area contributed by atoms with Crippen LogP contribution in [0.15, 0.2) is 24.3 Å². The lowest BCUT2D eigenvalue weighted by atomic mass is 10.2. The number of halogens is 1. The van der Waals surface area contributed by atoms with E-state index in [0.717, 1.165) is 10.8 Å². The molecule has 0 amide bonds. The monoisotopic (exact) mass is 297 g/mol. The minimum atomic E-state index is -2.90. The molecular formula is C12H12ClN3O2S. The van der Waals surface area contributed by atoms with Crippen molar-refractivity contribution in [2.45, 2.75) is 0 Å². The number of fused-ring (bicyclic) bond motifs is 1. The van der Waals surface area contributed by atoms with Gasteiger partial charge in [0.1, 0.15) is 0 Å². The first-order valence-corrected chi connectivity index (χ1v) is 8.13. The van der Waals surface area contributed by atoms with Crippen molar-refractivity contribution < 1.29 is 8.42 Å². The summed E-state index contributed by atoms with van der Waals surface area (Å²) in [6, 6.07) is 7.61. The number of hydrogen-bond acceptors (Lipinski definition) is 5. The van der Waals surface area contributed by atoms with Crippen LogP contribution < -0.4 is 4.90 Å². The van der Waals surface area contributed by atoms with Crippen LogP contribution in [-0.4, -0.2) is 43.2 Å². The second kappa shape index (κ2) is 4.61. The summed E-state index contributed by atoms with van der Waals surface area (Å²) < 4.78 is 22.9. The molecule has 19 heavy (non-hydrogen) atoms. The van der Waals surface area contributed by atoms with Gasteiger partial charge in [0.2, 0.25) is 0 Å². The van der Waals surface area contributed by atoms with Gasteiger partial charge in [-0.15, -0.1) is 10.2 Å². The predicted octanol–water partition coefficient (Wildman–Crippen LogP) is 1.52. The van der Waals surface area contributed by atoms with Gasteiger partial charge in [0.05, 0.1) is 11.5 Å². The third-order valence-corrected chi connectivity index (χ3v) is 5.16. The molecule has 1 aromatic carbocycles. The van der Waals surface area contributed by atoms with Crippen LogP contribution in [0.25, 0.3) is 10.8 Å². The van der Waals surface area contributed by atoms with Crippen LogP contribution in [0.1, 0.15) is 0 Å². The third-order valence-electron chi connectivity index (χ3n) is 3.27. The van der Waals surface area contributed by atoms with Crippen LogP contribution >= 0.6 is 11.6 Å². The molecule has 1 aliphatic rings. The molecule has 0 bridgehead atoms. The number of benzene rings is 1. The zero-order valence-electron chi connectivity index (χ0n) is 10.1. The SMILES string of the molecule is O=S1(=O)CCN(c2nnc(Cl)c3ccccc23)CC1. The van der Waals surface area contributed by atoms with Crippen LogP contribution in [0.5, 0.6) is 0 Å². The van der Waals surface area contributed by atoms with Crippen molar-refractivity contribution in [3.63, 3.8) is 0 Å². The maximum atomic E-state index is 11.5. The molecule has 100 valence electrons. The van der Waals surface area contributed by atoms with Gasteiger partial charge >= 0.3 is 0 Å². The van der Waals surface area contributed by atoms with Crippen molar-refractivity contribution in [3.8, 4) is 0 Å². The molecule has 1 saturated heterocycles. The number of sulfone groups is 1. The van der Waals surface area contributed by atoms with Crippen LogP contribution in [-0.2, 0) is 9.84 Å². The first-order valence-electron chi connectivity index (χ1n) is 5.93. The average Bonchev–Trinajstić information content (AvgIpc) is 2.40. The fourth-order valence-electron chi connectivity index (χ4n) is 2.21. The molecule has 2 aromatic rings. The fraction of sp³-hybridized carbons (Fsp3) is 0.333. The van der Waals surface area contributed by atoms with E-state index in [-0.39, 0.29) is 11.5 Å². The van der Waals surface area contributed by atoms with Gasteiger partial charge in [-0.25, -0.2) is 8.42 Å². The highest BCUT2D eigenvalue weighted by Gasteiger charge is 2.24. The smallest absolute Gasteiger partial charge is 0.159 e. The Kier molecular flexibility index (Phi) is 3.06. The second-order valence-corrected chi connectivity index (χ2v) is 7.16. The standard InChI is InChI=1S/C12H12ClN3O2S/c13-11-9-3-1-2-4-10(9)12(15-14-11)16-5-7-19(17,18)8-6-16/h1-4H,5-8H2. The minimum absolute atomic E-state index is 0.158. The van der Waals surface area contributed by atoms with Crippen LogP contribution in [0, 0.1) is 0 Å². The first-order chi connectivity index (χ1) is 9.07. The Labute approximate surface area is 116 Å². The van der Waals surface area contributed by atoms with E-state index in [0.29, 0.717) is 24.1 Å². The van der Waals surface area contributed by atoms with Gasteiger partial charge in [-0.2, -0.15) is 0 Å². The highest BCUT2D eigenvalue weighted by molar-refractivity contribution is 7.91. The molecule has 0 saturated carbocycles. The lowest BCUT2D eigenvalue weighted by Crippen LogP contribution is -2.40. The summed E-state index contributed by atoms with van der Waals surface area (Å²) in [5.74, 6) is 1.02. The Hall–Kier alpha value is -1.40. The van der Waals surface area contributed by atoms with Gasteiger partial charge in [-0.1, -0.05) is 35.9 Å². The summed E-state index contributed by atoms with van der Waals surface area (Å²) in [4.78, 5) is 1.95. The molecule has 0 atom stereocenters. The highest BCUT2D eigenvalue weighted by atomic mass is 35.5. The van der Waals surface area contributed by atoms with E-state index in [1.807, 2.05) is 29.2 Å². The van der Waals surface area contributed by atoms with Gasteiger partial charge in [0, 0.05) is 23.9 Å². The van der Waals surface area contributed by atoms with Gasteiger partial charge in [-0.05, 0) is 0 Å². The van der Waals surface area contributed by atoms with E-state index >= 15 is 0 Å². The Bertz CT molecular complexity index is 719. The lowest BCUT2D eigenvalue weighted by molar-refractivity contribution is 0.586. The number of rotatable bonds is 1. The van der Waals surface area contributed by atoms with Crippen molar-refractivity contribution in [3.05, 3.63) is 29.4 Å². The van der Waals surface area contributed by atoms with Gasteiger partial charge < -0.3 is 4.90 Å². The molecule has 0 spiro atoms. The second-order valence-electron chi connectivity index (χ2n) is 4.50. The molecule has 7 heteroatoms. The minimum Gasteiger partial charge on any atom is -0.353 e. The van der Waals surface area contributed by atoms with Crippen LogP contribution in [0.2, 0.25) is 5.15 Å².